The van der Waals surface area contributed by atoms with E-state index in [0.29, 0.717) is 0 Å². The highest BCUT2D eigenvalue weighted by molar-refractivity contribution is 6.30. The maximum Gasteiger partial charge on any atom is 0.0725 e. The van der Waals surface area contributed by atoms with Crippen molar-refractivity contribution in [3.8, 4) is 0 Å². The molecule has 92 valence electrons. The van der Waals surface area contributed by atoms with E-state index >= 15 is 0 Å². The van der Waals surface area contributed by atoms with Crippen LogP contribution in [0.4, 0.5) is 5.69 Å². The molecule has 0 aliphatic carbocycles. The molecule has 2 aromatic carbocycles. The number of hydrogen-bond donors (Lipinski definition) is 1. The molecule has 0 atom stereocenters. The summed E-state index contributed by atoms with van der Waals surface area (Å²) in [6, 6.07) is 14.3. The Labute approximate surface area is 112 Å². The minimum Gasteiger partial charge on any atom is -0.381 e. The summed E-state index contributed by atoms with van der Waals surface area (Å²) >= 11 is 5.86. The summed E-state index contributed by atoms with van der Waals surface area (Å²) < 4.78 is 5.40. The van der Waals surface area contributed by atoms with Crippen LogP contribution in [0.3, 0.4) is 0 Å². The zero-order valence-electron chi connectivity index (χ0n) is 9.95. The van der Waals surface area contributed by atoms with Crippen molar-refractivity contribution in [3.05, 3.63) is 64.2 Å². The minimum atomic E-state index is 0.728. The number of anilines is 1. The maximum absolute atomic E-state index is 5.86. The standard InChI is InChI=1S/C15H14ClNO/c16-14-4-1-11(2-5-14)8-17-15-6-3-12-9-18-10-13(12)7-15/h1-7,17H,8-10H2. The first-order valence-corrected chi connectivity index (χ1v) is 6.37. The fraction of sp³-hybridized carbons (Fsp3) is 0.200. The van der Waals surface area contributed by atoms with Gasteiger partial charge >= 0.3 is 0 Å². The topological polar surface area (TPSA) is 21.3 Å². The van der Waals surface area contributed by atoms with Crippen LogP contribution in [0.15, 0.2) is 42.5 Å². The number of nitrogens with one attached hydrogen (secondary N) is 1. The highest BCUT2D eigenvalue weighted by Crippen LogP contribution is 2.23. The lowest BCUT2D eigenvalue weighted by molar-refractivity contribution is 0.134. The fourth-order valence-corrected chi connectivity index (χ4v) is 2.21. The van der Waals surface area contributed by atoms with Gasteiger partial charge in [-0.3, -0.25) is 0 Å². The molecule has 0 spiro atoms. The molecule has 1 aliphatic rings. The first kappa shape index (κ1) is 11.6. The van der Waals surface area contributed by atoms with E-state index in [1.807, 2.05) is 24.3 Å². The van der Waals surface area contributed by atoms with Gasteiger partial charge in [0.25, 0.3) is 0 Å². The first-order valence-electron chi connectivity index (χ1n) is 5.99. The summed E-state index contributed by atoms with van der Waals surface area (Å²) in [6.45, 7) is 2.27. The van der Waals surface area contributed by atoms with Gasteiger partial charge < -0.3 is 10.1 Å². The summed E-state index contributed by atoms with van der Waals surface area (Å²) in [5.41, 5.74) is 4.94. The molecule has 1 heterocycles. The van der Waals surface area contributed by atoms with Gasteiger partial charge in [0.2, 0.25) is 0 Å². The van der Waals surface area contributed by atoms with Crippen molar-refractivity contribution in [2.24, 2.45) is 0 Å². The lowest BCUT2D eigenvalue weighted by Crippen LogP contribution is -1.99. The number of rotatable bonds is 3. The van der Waals surface area contributed by atoms with Crippen LogP contribution in [0.25, 0.3) is 0 Å². The Kier molecular flexibility index (Phi) is 3.22. The van der Waals surface area contributed by atoms with Gasteiger partial charge in [-0.15, -0.1) is 0 Å². The Morgan fingerprint density at radius 3 is 2.61 bits per heavy atom. The van der Waals surface area contributed by atoms with Crippen molar-refractivity contribution >= 4 is 17.3 Å². The van der Waals surface area contributed by atoms with Gasteiger partial charge in [-0.05, 0) is 41.0 Å². The van der Waals surface area contributed by atoms with E-state index in [1.54, 1.807) is 0 Å². The molecule has 0 saturated carbocycles. The van der Waals surface area contributed by atoms with Crippen LogP contribution in [-0.2, 0) is 24.5 Å². The van der Waals surface area contributed by atoms with Gasteiger partial charge in [0, 0.05) is 17.3 Å². The molecule has 3 rings (SSSR count). The van der Waals surface area contributed by atoms with E-state index in [2.05, 4.69) is 23.5 Å². The molecule has 0 amide bonds. The van der Waals surface area contributed by atoms with E-state index < -0.39 is 0 Å². The van der Waals surface area contributed by atoms with Gasteiger partial charge in [-0.2, -0.15) is 0 Å². The van der Waals surface area contributed by atoms with Crippen LogP contribution in [0.1, 0.15) is 16.7 Å². The molecule has 1 N–H and O–H groups in total. The summed E-state index contributed by atoms with van der Waals surface area (Å²) in [5, 5.41) is 4.18. The van der Waals surface area contributed by atoms with Gasteiger partial charge in [-0.25, -0.2) is 0 Å². The molecule has 0 fully saturated rings. The maximum atomic E-state index is 5.86. The van der Waals surface area contributed by atoms with E-state index in [0.717, 1.165) is 30.5 Å². The van der Waals surface area contributed by atoms with Crippen LogP contribution >= 0.6 is 11.6 Å². The van der Waals surface area contributed by atoms with Crippen LogP contribution in [-0.4, -0.2) is 0 Å². The Morgan fingerprint density at radius 2 is 1.78 bits per heavy atom. The molecule has 2 nitrogen and oxygen atoms in total. The molecular weight excluding hydrogens is 246 g/mol. The first-order chi connectivity index (χ1) is 8.81. The normalized spacial score (nSPS) is 13.4. The van der Waals surface area contributed by atoms with Crippen molar-refractivity contribution in [1.29, 1.82) is 0 Å². The zero-order chi connectivity index (χ0) is 12.4. The van der Waals surface area contributed by atoms with E-state index in [1.165, 1.54) is 16.7 Å². The van der Waals surface area contributed by atoms with Gasteiger partial charge in [0.15, 0.2) is 0 Å². The quantitative estimate of drug-likeness (QED) is 0.900. The van der Waals surface area contributed by atoms with Crippen LogP contribution in [0, 0.1) is 0 Å². The van der Waals surface area contributed by atoms with Crippen LogP contribution in [0.5, 0.6) is 0 Å². The third kappa shape index (κ3) is 2.50. The third-order valence-corrected chi connectivity index (χ3v) is 3.38. The smallest absolute Gasteiger partial charge is 0.0725 e. The largest absolute Gasteiger partial charge is 0.381 e. The molecule has 0 radical (unpaired) electrons. The monoisotopic (exact) mass is 259 g/mol. The number of benzene rings is 2. The highest BCUT2D eigenvalue weighted by atomic mass is 35.5. The second-order valence-corrected chi connectivity index (χ2v) is 4.89. The van der Waals surface area contributed by atoms with Gasteiger partial charge in [-0.1, -0.05) is 29.8 Å². The Balaban J connectivity index is 1.68. The van der Waals surface area contributed by atoms with Crippen molar-refractivity contribution in [2.75, 3.05) is 5.32 Å². The average molecular weight is 260 g/mol. The predicted molar refractivity (Wildman–Crippen MR) is 73.7 cm³/mol. The molecule has 3 heteroatoms. The van der Waals surface area contributed by atoms with Crippen LogP contribution in [0.2, 0.25) is 5.02 Å². The number of halogens is 1. The zero-order valence-corrected chi connectivity index (χ0v) is 10.7. The van der Waals surface area contributed by atoms with Crippen molar-refractivity contribution in [1.82, 2.24) is 0 Å². The molecule has 2 aromatic rings. The molecular formula is C15H14ClNO. The Hall–Kier alpha value is -1.51. The molecule has 0 bridgehead atoms. The Bertz CT molecular complexity index is 551. The average Bonchev–Trinajstić information content (AvgIpc) is 2.85. The summed E-state index contributed by atoms with van der Waals surface area (Å²) in [5.74, 6) is 0. The molecule has 0 aromatic heterocycles. The van der Waals surface area contributed by atoms with E-state index in [9.17, 15) is 0 Å². The number of ether oxygens (including phenoxy) is 1. The number of hydrogen-bond acceptors (Lipinski definition) is 2. The van der Waals surface area contributed by atoms with Gasteiger partial charge in [0.05, 0.1) is 13.2 Å². The SMILES string of the molecule is Clc1ccc(CNc2ccc3c(c2)COC3)cc1. The summed E-state index contributed by atoms with van der Waals surface area (Å²) in [6.07, 6.45) is 0. The lowest BCUT2D eigenvalue weighted by atomic mass is 10.1. The Morgan fingerprint density at radius 1 is 1.00 bits per heavy atom. The van der Waals surface area contributed by atoms with Gasteiger partial charge in [0.1, 0.15) is 0 Å². The molecule has 0 unspecified atom stereocenters. The second kappa shape index (κ2) is 5.01. The third-order valence-electron chi connectivity index (χ3n) is 3.13. The van der Waals surface area contributed by atoms with E-state index in [4.69, 9.17) is 16.3 Å². The molecule has 1 aliphatic heterocycles. The van der Waals surface area contributed by atoms with Crippen molar-refractivity contribution < 1.29 is 4.74 Å². The van der Waals surface area contributed by atoms with Crippen molar-refractivity contribution in [2.45, 2.75) is 19.8 Å². The summed E-state index contributed by atoms with van der Waals surface area (Å²) in [4.78, 5) is 0. The highest BCUT2D eigenvalue weighted by Gasteiger charge is 2.10. The predicted octanol–water partition coefficient (Wildman–Crippen LogP) is 3.98. The second-order valence-electron chi connectivity index (χ2n) is 4.46. The van der Waals surface area contributed by atoms with Crippen LogP contribution < -0.4 is 5.32 Å². The summed E-state index contributed by atoms with van der Waals surface area (Å²) in [7, 11) is 0. The fourth-order valence-electron chi connectivity index (χ4n) is 2.09. The van der Waals surface area contributed by atoms with E-state index in [-0.39, 0.29) is 0 Å². The number of fused-ring (bicyclic) bond motifs is 1. The molecule has 18 heavy (non-hydrogen) atoms. The molecule has 0 saturated heterocycles. The minimum absolute atomic E-state index is 0.728. The van der Waals surface area contributed by atoms with Crippen molar-refractivity contribution in [3.63, 3.8) is 0 Å². The lowest BCUT2D eigenvalue weighted by Gasteiger charge is -2.08.